The maximum Gasteiger partial charge on any atom is 0.441 e. The Balaban J connectivity index is 1.72. The molecule has 31 heavy (non-hydrogen) atoms. The van der Waals surface area contributed by atoms with Gasteiger partial charge < -0.3 is 9.57 Å². The number of nitrogens with zero attached hydrogens (tertiary/aromatic N) is 4. The van der Waals surface area contributed by atoms with Gasteiger partial charge in [-0.2, -0.15) is 0 Å². The van der Waals surface area contributed by atoms with Crippen LogP contribution >= 0.6 is 0 Å². The van der Waals surface area contributed by atoms with Crippen LogP contribution in [-0.4, -0.2) is 33.1 Å². The molecule has 1 aromatic carbocycles. The van der Waals surface area contributed by atoms with Crippen LogP contribution in [-0.2, 0) is 23.2 Å². The molecule has 0 aliphatic heterocycles. The third-order valence-electron chi connectivity index (χ3n) is 4.01. The van der Waals surface area contributed by atoms with Crippen molar-refractivity contribution in [2.45, 2.75) is 20.5 Å². The first-order valence-electron chi connectivity index (χ1n) is 9.62. The molecule has 0 unspecified atom stereocenters. The van der Waals surface area contributed by atoms with Gasteiger partial charge in [-0.1, -0.05) is 60.6 Å². The number of oxime groups is 1. The first-order chi connectivity index (χ1) is 14.9. The predicted molar refractivity (Wildman–Crippen MR) is 113 cm³/mol. The third kappa shape index (κ3) is 6.01. The number of hydrogen-bond donors (Lipinski definition) is 1. The summed E-state index contributed by atoms with van der Waals surface area (Å²) in [6.07, 6.45) is -0.574. The third-order valence-corrected chi connectivity index (χ3v) is 4.01. The number of ether oxygens (including phenoxy) is 1. The first kappa shape index (κ1) is 21.8. The van der Waals surface area contributed by atoms with Gasteiger partial charge in [0.15, 0.2) is 12.3 Å². The quantitative estimate of drug-likeness (QED) is 0.435. The normalized spacial score (nSPS) is 11.4. The molecule has 0 bridgehead atoms. The molecule has 10 nitrogen and oxygen atoms in total. The summed E-state index contributed by atoms with van der Waals surface area (Å²) in [5, 5.41) is 10.5. The Morgan fingerprint density at radius 2 is 1.97 bits per heavy atom. The molecule has 0 fully saturated rings. The molecule has 3 rings (SSSR count). The molecule has 10 heteroatoms. The van der Waals surface area contributed by atoms with Crippen LogP contribution in [0.1, 0.15) is 30.9 Å². The number of carbonyl (C=O) groups is 1. The van der Waals surface area contributed by atoms with Crippen LogP contribution in [0.2, 0.25) is 0 Å². The minimum atomic E-state index is -0.608. The van der Waals surface area contributed by atoms with Crippen molar-refractivity contribution in [2.75, 3.05) is 11.9 Å². The molecule has 0 spiro atoms. The van der Waals surface area contributed by atoms with Crippen molar-refractivity contribution in [2.24, 2.45) is 18.1 Å². The number of anilines is 1. The summed E-state index contributed by atoms with van der Waals surface area (Å²) < 4.78 is 11.0. The van der Waals surface area contributed by atoms with Gasteiger partial charge in [-0.25, -0.2) is 14.6 Å². The molecule has 0 radical (unpaired) electrons. The average molecular weight is 425 g/mol. The molecule has 0 atom stereocenters. The maximum absolute atomic E-state index is 11.8. The van der Waals surface area contributed by atoms with E-state index in [1.165, 1.54) is 11.6 Å². The molecular formula is C21H23N5O5. The van der Waals surface area contributed by atoms with Crippen LogP contribution in [0.5, 0.6) is 0 Å². The van der Waals surface area contributed by atoms with E-state index in [9.17, 15) is 9.59 Å². The molecule has 0 saturated heterocycles. The van der Waals surface area contributed by atoms with Crippen molar-refractivity contribution in [3.8, 4) is 0 Å². The lowest BCUT2D eigenvalue weighted by atomic mass is 10.1. The van der Waals surface area contributed by atoms with E-state index in [-0.39, 0.29) is 18.3 Å². The highest BCUT2D eigenvalue weighted by molar-refractivity contribution is 6.10. The molecule has 162 valence electrons. The lowest BCUT2D eigenvalue weighted by Gasteiger charge is -2.09. The lowest BCUT2D eigenvalue weighted by molar-refractivity contribution is 0.128. The van der Waals surface area contributed by atoms with E-state index < -0.39 is 11.8 Å². The van der Waals surface area contributed by atoms with E-state index in [2.05, 4.69) is 20.6 Å². The second-order valence-electron chi connectivity index (χ2n) is 7.04. The highest BCUT2D eigenvalue weighted by Gasteiger charge is 2.17. The fraction of sp³-hybridized carbons (Fsp3) is 0.286. The Bertz CT molecular complexity index is 1100. The summed E-state index contributed by atoms with van der Waals surface area (Å²) in [6, 6.07) is 14.2. The molecular weight excluding hydrogens is 402 g/mol. The smallest absolute Gasteiger partial charge is 0.441 e. The monoisotopic (exact) mass is 425 g/mol. The number of nitrogens with one attached hydrogen (secondary N) is 1. The van der Waals surface area contributed by atoms with Crippen molar-refractivity contribution in [1.29, 1.82) is 0 Å². The Morgan fingerprint density at radius 3 is 2.65 bits per heavy atom. The zero-order chi connectivity index (χ0) is 22.2. The van der Waals surface area contributed by atoms with Crippen LogP contribution in [0.3, 0.4) is 0 Å². The molecule has 2 aromatic heterocycles. The van der Waals surface area contributed by atoms with Gasteiger partial charge in [0.25, 0.3) is 0 Å². The van der Waals surface area contributed by atoms with Crippen molar-refractivity contribution in [1.82, 2.24) is 14.7 Å². The molecule has 0 aliphatic carbocycles. The highest BCUT2D eigenvalue weighted by Crippen LogP contribution is 2.11. The van der Waals surface area contributed by atoms with Crippen LogP contribution in [0.4, 0.5) is 10.6 Å². The minimum Gasteiger partial charge on any atom is -0.449 e. The summed E-state index contributed by atoms with van der Waals surface area (Å²) in [7, 11) is 1.53. The van der Waals surface area contributed by atoms with E-state index in [0.29, 0.717) is 29.4 Å². The number of rotatable bonds is 8. The van der Waals surface area contributed by atoms with E-state index in [0.717, 1.165) is 0 Å². The molecule has 0 aliphatic rings. The van der Waals surface area contributed by atoms with Crippen molar-refractivity contribution >= 4 is 17.6 Å². The Labute approximate surface area is 178 Å². The van der Waals surface area contributed by atoms with Crippen LogP contribution in [0, 0.1) is 5.92 Å². The van der Waals surface area contributed by atoms with Gasteiger partial charge in [0.05, 0.1) is 12.3 Å². The Hall–Kier alpha value is -3.95. The molecule has 2 heterocycles. The number of benzene rings is 1. The molecule has 1 N–H and O–H groups in total. The maximum atomic E-state index is 11.8. The number of carbonyl (C=O) groups excluding carboxylic acids is 1. The fourth-order valence-corrected chi connectivity index (χ4v) is 2.49. The molecule has 0 saturated carbocycles. The van der Waals surface area contributed by atoms with Gasteiger partial charge in [-0.05, 0) is 18.1 Å². The summed E-state index contributed by atoms with van der Waals surface area (Å²) in [4.78, 5) is 33.3. The van der Waals surface area contributed by atoms with Crippen molar-refractivity contribution < 1.29 is 18.9 Å². The minimum absolute atomic E-state index is 0.0265. The number of aromatic nitrogens is 3. The molecule has 3 aromatic rings. The second-order valence-corrected chi connectivity index (χ2v) is 7.04. The topological polar surface area (TPSA) is 121 Å². The van der Waals surface area contributed by atoms with Gasteiger partial charge in [0.2, 0.25) is 5.82 Å². The van der Waals surface area contributed by atoms with Gasteiger partial charge in [0.1, 0.15) is 5.82 Å². The van der Waals surface area contributed by atoms with Gasteiger partial charge in [0, 0.05) is 12.6 Å². The van der Waals surface area contributed by atoms with Crippen molar-refractivity contribution in [3.05, 3.63) is 76.2 Å². The SMILES string of the molecule is CC(C)COC(=O)Nc1cccc(CON=C(c2ccccc2)c2noc(=O)n2C)n1. The van der Waals surface area contributed by atoms with Gasteiger partial charge in [-0.15, -0.1) is 0 Å². The highest BCUT2D eigenvalue weighted by atomic mass is 16.6. The number of hydrogen-bond acceptors (Lipinski definition) is 8. The van der Waals surface area contributed by atoms with Crippen LogP contribution < -0.4 is 11.1 Å². The summed E-state index contributed by atoms with van der Waals surface area (Å²) in [5.41, 5.74) is 1.56. The van der Waals surface area contributed by atoms with E-state index in [4.69, 9.17) is 14.1 Å². The van der Waals surface area contributed by atoms with Gasteiger partial charge >= 0.3 is 11.8 Å². The largest absolute Gasteiger partial charge is 0.449 e. The molecule has 1 amide bonds. The van der Waals surface area contributed by atoms with E-state index in [1.807, 2.05) is 44.2 Å². The van der Waals surface area contributed by atoms with Gasteiger partial charge in [-0.3, -0.25) is 14.4 Å². The first-order valence-corrected chi connectivity index (χ1v) is 9.62. The number of pyridine rings is 1. The zero-order valence-corrected chi connectivity index (χ0v) is 17.4. The predicted octanol–water partition coefficient (Wildman–Crippen LogP) is 2.94. The van der Waals surface area contributed by atoms with Crippen LogP contribution in [0.15, 0.2) is 63.0 Å². The number of amides is 1. The van der Waals surface area contributed by atoms with Crippen LogP contribution in [0.25, 0.3) is 0 Å². The average Bonchev–Trinajstić information content (AvgIpc) is 3.09. The lowest BCUT2D eigenvalue weighted by Crippen LogP contribution is -2.18. The zero-order valence-electron chi connectivity index (χ0n) is 17.4. The summed E-state index contributed by atoms with van der Waals surface area (Å²) in [6.45, 7) is 4.24. The second kappa shape index (κ2) is 10.2. The fourth-order valence-electron chi connectivity index (χ4n) is 2.49. The van der Waals surface area contributed by atoms with Crippen molar-refractivity contribution in [3.63, 3.8) is 0 Å². The summed E-state index contributed by atoms with van der Waals surface area (Å²) >= 11 is 0. The Kier molecular flexibility index (Phi) is 7.15. The summed E-state index contributed by atoms with van der Waals surface area (Å²) in [5.74, 6) is 0.191. The van der Waals surface area contributed by atoms with E-state index in [1.54, 1.807) is 18.2 Å². The Morgan fingerprint density at radius 1 is 1.19 bits per heavy atom. The van der Waals surface area contributed by atoms with E-state index >= 15 is 0 Å². The standard InChI is InChI=1S/C21H23N5O5/c1-14(2)12-29-20(27)23-17-11-7-10-16(22-17)13-30-24-18(15-8-5-4-6-9-15)19-25-31-21(28)26(19)3/h4-11,14H,12-13H2,1-3H3,(H,22,23,27).